The fourth-order valence-corrected chi connectivity index (χ4v) is 2.05. The molecule has 1 aromatic carbocycles. The number of benzene rings is 1. The van der Waals surface area contributed by atoms with E-state index in [0.29, 0.717) is 5.56 Å². The molecule has 0 unspecified atom stereocenters. The number of hydrogen-bond acceptors (Lipinski definition) is 3. The van der Waals surface area contributed by atoms with Crippen molar-refractivity contribution in [3.63, 3.8) is 0 Å². The van der Waals surface area contributed by atoms with Crippen molar-refractivity contribution in [2.75, 3.05) is 6.61 Å². The lowest BCUT2D eigenvalue weighted by molar-refractivity contribution is -0.163. The quantitative estimate of drug-likeness (QED) is 0.623. The number of carbonyl (C=O) groups is 1. The van der Waals surface area contributed by atoms with Crippen molar-refractivity contribution in [2.45, 2.75) is 19.5 Å². The zero-order chi connectivity index (χ0) is 16.2. The molecule has 0 spiro atoms. The van der Waals surface area contributed by atoms with Gasteiger partial charge in [-0.2, -0.15) is 13.2 Å². The Bertz CT molecular complexity index is 588. The summed E-state index contributed by atoms with van der Waals surface area (Å²) in [4.78, 5) is 11.4. The first-order valence-corrected chi connectivity index (χ1v) is 6.79. The van der Waals surface area contributed by atoms with Crippen molar-refractivity contribution in [3.8, 4) is 0 Å². The number of alkyl halides is 3. The minimum absolute atomic E-state index is 0.0536. The first kappa shape index (κ1) is 16.1. The molecule has 1 aliphatic rings. The summed E-state index contributed by atoms with van der Waals surface area (Å²) in [5, 5.41) is 0. The van der Waals surface area contributed by atoms with Gasteiger partial charge in [0.05, 0.1) is 18.6 Å². The number of hydrogen-bond donors (Lipinski definition) is 0. The van der Waals surface area contributed by atoms with E-state index < -0.39 is 24.5 Å². The molecule has 0 aliphatic carbocycles. The Morgan fingerprint density at radius 2 is 2.05 bits per heavy atom. The Hall–Kier alpha value is -2.24. The van der Waals surface area contributed by atoms with E-state index in [2.05, 4.69) is 0 Å². The molecule has 0 N–H and O–H groups in total. The highest BCUT2D eigenvalue weighted by Gasteiger charge is 2.41. The number of carbonyl (C=O) groups excluding carboxylic acids is 1. The summed E-state index contributed by atoms with van der Waals surface area (Å²) in [6.07, 6.45) is -2.81. The van der Waals surface area contributed by atoms with E-state index in [1.54, 1.807) is 37.3 Å². The van der Waals surface area contributed by atoms with Gasteiger partial charge in [0.2, 0.25) is 0 Å². The Morgan fingerprint density at radius 1 is 1.36 bits per heavy atom. The zero-order valence-electron chi connectivity index (χ0n) is 11.9. The normalized spacial score (nSPS) is 20.3. The molecule has 22 heavy (non-hydrogen) atoms. The van der Waals surface area contributed by atoms with Crippen LogP contribution in [-0.4, -0.2) is 18.8 Å². The van der Waals surface area contributed by atoms with Crippen molar-refractivity contribution < 1.29 is 27.4 Å². The molecule has 1 atom stereocenters. The maximum Gasteiger partial charge on any atom is 0.395 e. The molecule has 1 heterocycles. The summed E-state index contributed by atoms with van der Waals surface area (Å²) in [6.45, 7) is 1.76. The zero-order valence-corrected chi connectivity index (χ0v) is 11.9. The lowest BCUT2D eigenvalue weighted by Gasteiger charge is -2.26. The topological polar surface area (TPSA) is 35.5 Å². The highest BCUT2D eigenvalue weighted by atomic mass is 19.4. The predicted molar refractivity (Wildman–Crippen MR) is 74.4 cm³/mol. The fraction of sp³-hybridized carbons (Fsp3) is 0.312. The fourth-order valence-electron chi connectivity index (χ4n) is 2.05. The average molecular weight is 312 g/mol. The van der Waals surface area contributed by atoms with Crippen LogP contribution in [0.25, 0.3) is 5.76 Å². The van der Waals surface area contributed by atoms with Crippen LogP contribution in [0.1, 0.15) is 18.9 Å². The van der Waals surface area contributed by atoms with Crippen molar-refractivity contribution in [1.29, 1.82) is 0 Å². The standard InChI is InChI=1S/C16H15F3O3/c1-2-21-15(20)10-13-8-12(16(17,18)19)9-14(22-13)11-6-4-3-5-7-11/h3-7,9-10,12H,2,8H2,1H3/b13-10-/t12-/m0/s1. The summed E-state index contributed by atoms with van der Waals surface area (Å²) in [5.41, 5.74) is 0.520. The Balaban J connectivity index is 2.32. The third-order valence-electron chi connectivity index (χ3n) is 3.06. The molecule has 0 bridgehead atoms. The average Bonchev–Trinajstić information content (AvgIpc) is 2.47. The van der Waals surface area contributed by atoms with Crippen LogP contribution in [0.3, 0.4) is 0 Å². The van der Waals surface area contributed by atoms with Gasteiger partial charge >= 0.3 is 12.1 Å². The second-order valence-corrected chi connectivity index (χ2v) is 4.71. The molecule has 1 aromatic rings. The van der Waals surface area contributed by atoms with Gasteiger partial charge in [0.25, 0.3) is 0 Å². The minimum Gasteiger partial charge on any atom is -0.463 e. The van der Waals surface area contributed by atoms with Crippen LogP contribution in [-0.2, 0) is 14.3 Å². The molecule has 0 amide bonds. The monoisotopic (exact) mass is 312 g/mol. The van der Waals surface area contributed by atoms with Crippen LogP contribution in [0, 0.1) is 5.92 Å². The minimum atomic E-state index is -4.41. The van der Waals surface area contributed by atoms with Crippen LogP contribution in [0.15, 0.2) is 48.2 Å². The van der Waals surface area contributed by atoms with Gasteiger partial charge in [0, 0.05) is 12.0 Å². The van der Waals surface area contributed by atoms with Gasteiger partial charge in [-0.3, -0.25) is 0 Å². The number of rotatable bonds is 3. The smallest absolute Gasteiger partial charge is 0.395 e. The van der Waals surface area contributed by atoms with E-state index in [4.69, 9.17) is 9.47 Å². The first-order chi connectivity index (χ1) is 10.4. The van der Waals surface area contributed by atoms with E-state index in [9.17, 15) is 18.0 Å². The van der Waals surface area contributed by atoms with Gasteiger partial charge in [0.1, 0.15) is 11.5 Å². The summed E-state index contributed by atoms with van der Waals surface area (Å²) in [6, 6.07) is 8.44. The van der Waals surface area contributed by atoms with Crippen molar-refractivity contribution in [1.82, 2.24) is 0 Å². The van der Waals surface area contributed by atoms with Crippen molar-refractivity contribution in [2.24, 2.45) is 5.92 Å². The van der Waals surface area contributed by atoms with Gasteiger partial charge in [-0.1, -0.05) is 30.3 Å². The lowest BCUT2D eigenvalue weighted by Crippen LogP contribution is -2.25. The van der Waals surface area contributed by atoms with Crippen LogP contribution >= 0.6 is 0 Å². The van der Waals surface area contributed by atoms with Crippen LogP contribution in [0.5, 0.6) is 0 Å². The Labute approximate surface area is 126 Å². The summed E-state index contributed by atoms with van der Waals surface area (Å²) in [5.74, 6) is -2.38. The van der Waals surface area contributed by atoms with Crippen molar-refractivity contribution in [3.05, 3.63) is 53.8 Å². The summed E-state index contributed by atoms with van der Waals surface area (Å²) in [7, 11) is 0. The van der Waals surface area contributed by atoms with E-state index in [1.807, 2.05) is 0 Å². The maximum absolute atomic E-state index is 13.0. The number of allylic oxidation sites excluding steroid dienone is 2. The lowest BCUT2D eigenvalue weighted by atomic mass is 9.97. The highest BCUT2D eigenvalue weighted by molar-refractivity contribution is 5.82. The molecule has 0 fully saturated rings. The molecule has 1 aliphatic heterocycles. The molecule has 118 valence electrons. The number of esters is 1. The number of ether oxygens (including phenoxy) is 2. The number of halogens is 3. The molecule has 2 rings (SSSR count). The third kappa shape index (κ3) is 4.13. The highest BCUT2D eigenvalue weighted by Crippen LogP contribution is 2.39. The van der Waals surface area contributed by atoms with E-state index >= 15 is 0 Å². The molecular formula is C16H15F3O3. The summed E-state index contributed by atoms with van der Waals surface area (Å²) < 4.78 is 49.3. The second-order valence-electron chi connectivity index (χ2n) is 4.71. The largest absolute Gasteiger partial charge is 0.463 e. The molecule has 6 heteroatoms. The predicted octanol–water partition coefficient (Wildman–Crippen LogP) is 4.07. The SMILES string of the molecule is CCOC(=O)/C=C1/C[C@H](C(F)(F)F)C=C(c2ccccc2)O1. The van der Waals surface area contributed by atoms with Crippen LogP contribution < -0.4 is 0 Å². The molecule has 3 nitrogen and oxygen atoms in total. The van der Waals surface area contributed by atoms with Crippen LogP contribution in [0.4, 0.5) is 13.2 Å². The van der Waals surface area contributed by atoms with E-state index in [0.717, 1.165) is 12.2 Å². The van der Waals surface area contributed by atoms with E-state index in [1.165, 1.54) is 0 Å². The molecule has 0 radical (unpaired) electrons. The van der Waals surface area contributed by atoms with E-state index in [-0.39, 0.29) is 18.1 Å². The van der Waals surface area contributed by atoms with Crippen molar-refractivity contribution >= 4 is 11.7 Å². The maximum atomic E-state index is 13.0. The molecule has 0 aromatic heterocycles. The molecule has 0 saturated carbocycles. The van der Waals surface area contributed by atoms with Gasteiger partial charge in [-0.05, 0) is 13.0 Å². The van der Waals surface area contributed by atoms with Gasteiger partial charge in [0.15, 0.2) is 0 Å². The Kier molecular flexibility index (Phi) is 4.90. The van der Waals surface area contributed by atoms with Gasteiger partial charge < -0.3 is 9.47 Å². The Morgan fingerprint density at radius 3 is 2.64 bits per heavy atom. The second kappa shape index (κ2) is 6.68. The van der Waals surface area contributed by atoms with Crippen LogP contribution in [0.2, 0.25) is 0 Å². The summed E-state index contributed by atoms with van der Waals surface area (Å²) >= 11 is 0. The third-order valence-corrected chi connectivity index (χ3v) is 3.06. The molecule has 0 saturated heterocycles. The van der Waals surface area contributed by atoms with Gasteiger partial charge in [-0.25, -0.2) is 4.79 Å². The first-order valence-electron chi connectivity index (χ1n) is 6.79. The van der Waals surface area contributed by atoms with Gasteiger partial charge in [-0.15, -0.1) is 0 Å². The molecular weight excluding hydrogens is 297 g/mol.